The summed E-state index contributed by atoms with van der Waals surface area (Å²) >= 11 is 0. The summed E-state index contributed by atoms with van der Waals surface area (Å²) in [6.07, 6.45) is 2.21. The lowest BCUT2D eigenvalue weighted by atomic mass is 9.60. The first kappa shape index (κ1) is 20.5. The predicted molar refractivity (Wildman–Crippen MR) is 78.1 cm³/mol. The van der Waals surface area contributed by atoms with Gasteiger partial charge in [0, 0.05) is 0 Å². The Hall–Kier alpha value is -1.85. The van der Waals surface area contributed by atoms with Crippen molar-refractivity contribution in [2.45, 2.75) is 0 Å². The van der Waals surface area contributed by atoms with Crippen molar-refractivity contribution < 1.29 is 43.9 Å². The van der Waals surface area contributed by atoms with Crippen LogP contribution in [-0.4, -0.2) is 18.5 Å². The molecule has 0 N–H and O–H groups in total. The van der Waals surface area contributed by atoms with Crippen LogP contribution in [0.25, 0.3) is 0 Å². The average molecular weight is 408 g/mol. The molecule has 0 aromatic heterocycles. The fraction of sp³-hybridized carbons (Fsp3) is 0.143. The fourth-order valence-corrected chi connectivity index (χ4v) is 4.28. The Bertz CT molecular complexity index is 771. The van der Waals surface area contributed by atoms with Gasteiger partial charge >= 0.3 is 0 Å². The minimum absolute atomic E-state index is 1.11. The summed E-state index contributed by atoms with van der Waals surface area (Å²) in [5.41, 5.74) is -3.20. The normalized spacial score (nSPS) is 11.8. The summed E-state index contributed by atoms with van der Waals surface area (Å²) in [5, 5.41) is 0. The smallest absolute Gasteiger partial charge is 0.223 e. The molecule has 0 amide bonds. The zero-order valence-electron chi connectivity index (χ0n) is 12.9. The van der Waals surface area contributed by atoms with Crippen LogP contribution in [0.3, 0.4) is 0 Å². The molecule has 0 spiro atoms. The number of benzene rings is 2. The quantitative estimate of drug-likeness (QED) is 0.241. The second kappa shape index (κ2) is 7.05. The first-order valence-corrected chi connectivity index (χ1v) is 8.91. The molecule has 0 nitrogen and oxygen atoms in total. The number of hydrogen-bond acceptors (Lipinski definition) is 0. The van der Waals surface area contributed by atoms with Gasteiger partial charge < -0.3 is 0 Å². The first-order chi connectivity index (χ1) is 11.9. The van der Waals surface area contributed by atoms with Gasteiger partial charge in [0.05, 0.1) is 12.5 Å². The van der Waals surface area contributed by atoms with Crippen molar-refractivity contribution in [3.05, 3.63) is 58.2 Å². The van der Waals surface area contributed by atoms with E-state index in [0.29, 0.717) is 0 Å². The van der Waals surface area contributed by atoms with Crippen molar-refractivity contribution in [1.29, 1.82) is 0 Å². The molecule has 2 aromatic rings. The second-order valence-corrected chi connectivity index (χ2v) is 8.10. The Labute approximate surface area is 143 Å². The summed E-state index contributed by atoms with van der Waals surface area (Å²) < 4.78 is 136. The van der Waals surface area contributed by atoms with E-state index < -0.39 is 85.8 Å². The summed E-state index contributed by atoms with van der Waals surface area (Å²) in [6, 6.07) is 0. The molecule has 0 bridgehead atoms. The molecular weight excluding hydrogens is 401 g/mol. The Morgan fingerprint density at radius 1 is 0.423 bits per heavy atom. The zero-order chi connectivity index (χ0) is 20.1. The van der Waals surface area contributed by atoms with Crippen molar-refractivity contribution in [3.63, 3.8) is 0 Å². The molecule has 0 saturated heterocycles. The average Bonchev–Trinajstić information content (AvgIpc) is 2.60. The van der Waals surface area contributed by atoms with Gasteiger partial charge in [0.25, 0.3) is 5.99 Å². The van der Waals surface area contributed by atoms with Crippen molar-refractivity contribution in [3.8, 4) is 0 Å². The summed E-state index contributed by atoms with van der Waals surface area (Å²) in [5.74, 6) is -27.5. The molecule has 0 aliphatic carbocycles. The highest BCUT2D eigenvalue weighted by Gasteiger charge is 2.38. The molecule has 0 aliphatic rings. The van der Waals surface area contributed by atoms with Gasteiger partial charge in [-0.2, -0.15) is 0 Å². The van der Waals surface area contributed by atoms with Gasteiger partial charge in [0.1, 0.15) is 23.3 Å². The molecule has 0 radical (unpaired) electrons. The molecule has 26 heavy (non-hydrogen) atoms. The Balaban J connectivity index is 2.96. The first-order valence-electron chi connectivity index (χ1n) is 6.70. The van der Waals surface area contributed by atoms with E-state index >= 15 is 0 Å². The van der Waals surface area contributed by atoms with Crippen LogP contribution in [0.4, 0.5) is 43.9 Å². The molecular formula is C14H7BF10S. The van der Waals surface area contributed by atoms with E-state index in [2.05, 4.69) is 0 Å². The van der Waals surface area contributed by atoms with Gasteiger partial charge in [0.15, 0.2) is 34.9 Å². The van der Waals surface area contributed by atoms with E-state index in [1.165, 1.54) is 0 Å². The highest BCUT2D eigenvalue weighted by Crippen LogP contribution is 2.21. The highest BCUT2D eigenvalue weighted by atomic mass is 32.2. The van der Waals surface area contributed by atoms with E-state index in [0.717, 1.165) is 12.5 Å². The van der Waals surface area contributed by atoms with Crippen molar-refractivity contribution >= 4 is 27.7 Å². The van der Waals surface area contributed by atoms with Gasteiger partial charge in [0.2, 0.25) is 0 Å². The summed E-state index contributed by atoms with van der Waals surface area (Å²) in [4.78, 5) is 0. The topological polar surface area (TPSA) is 0 Å². The van der Waals surface area contributed by atoms with E-state index in [-0.39, 0.29) is 0 Å². The van der Waals surface area contributed by atoms with Gasteiger partial charge in [-0.05, 0) is 0 Å². The largest absolute Gasteiger partial charge is 0.275 e. The Morgan fingerprint density at radius 2 is 0.615 bits per heavy atom. The fourth-order valence-electron chi connectivity index (χ4n) is 2.62. The van der Waals surface area contributed by atoms with Crippen LogP contribution in [0.1, 0.15) is 0 Å². The standard InChI is InChI=1S/C14H7BF10S/c1-26(2)15(3-5(16)9(20)13(24)10(21)6(3)17)4-7(18)11(22)14(25)12(23)8(4)19/h15H,1-2H3. The van der Waals surface area contributed by atoms with Crippen LogP contribution >= 0.6 is 0 Å². The van der Waals surface area contributed by atoms with Crippen molar-refractivity contribution in [2.24, 2.45) is 0 Å². The van der Waals surface area contributed by atoms with Gasteiger partial charge in [-0.25, -0.2) is 54.7 Å². The SMILES string of the molecule is C[S+](C)[BH-](c1c(F)c(F)c(F)c(F)c1F)c1c(F)c(F)c(F)c(F)c1F. The molecule has 0 atom stereocenters. The molecule has 0 aliphatic heterocycles. The molecule has 0 unspecified atom stereocenters. The molecule has 0 heterocycles. The van der Waals surface area contributed by atoms with Crippen LogP contribution in [-0.2, 0) is 10.7 Å². The van der Waals surface area contributed by atoms with Crippen molar-refractivity contribution in [1.82, 2.24) is 0 Å². The summed E-state index contributed by atoms with van der Waals surface area (Å²) in [6.45, 7) is 0. The molecule has 0 saturated carbocycles. The van der Waals surface area contributed by atoms with Gasteiger partial charge in [-0.15, -0.1) is 0 Å². The third kappa shape index (κ3) is 2.93. The predicted octanol–water partition coefficient (Wildman–Crippen LogP) is 2.79. The number of rotatable bonds is 3. The van der Waals surface area contributed by atoms with Crippen LogP contribution in [0, 0.1) is 58.2 Å². The van der Waals surface area contributed by atoms with Crippen LogP contribution in [0.5, 0.6) is 0 Å². The number of hydrogen-bond donors (Lipinski definition) is 0. The third-order valence-electron chi connectivity index (χ3n) is 3.82. The van der Waals surface area contributed by atoms with Gasteiger partial charge in [-0.3, -0.25) is 0 Å². The summed E-state index contributed by atoms with van der Waals surface area (Å²) in [7, 11) is -1.53. The molecule has 142 valence electrons. The lowest BCUT2D eigenvalue weighted by molar-refractivity contribution is 0.382. The van der Waals surface area contributed by atoms with Crippen LogP contribution in [0.2, 0.25) is 0 Å². The van der Waals surface area contributed by atoms with Crippen LogP contribution in [0.15, 0.2) is 0 Å². The molecule has 12 heteroatoms. The lowest BCUT2D eigenvalue weighted by Crippen LogP contribution is -2.55. The maximum atomic E-state index is 14.0. The monoisotopic (exact) mass is 408 g/mol. The Kier molecular flexibility index (Phi) is 5.55. The maximum absolute atomic E-state index is 14.0. The lowest BCUT2D eigenvalue weighted by Gasteiger charge is -2.25. The zero-order valence-corrected chi connectivity index (χ0v) is 13.7. The minimum Gasteiger partial charge on any atom is -0.223 e. The van der Waals surface area contributed by atoms with E-state index in [1.807, 2.05) is 0 Å². The third-order valence-corrected chi connectivity index (χ3v) is 5.55. The second-order valence-electron chi connectivity index (χ2n) is 5.55. The minimum atomic E-state index is -3.39. The van der Waals surface area contributed by atoms with Crippen LogP contribution < -0.4 is 10.9 Å². The molecule has 2 rings (SSSR count). The van der Waals surface area contributed by atoms with Gasteiger partial charge in [-0.1, -0.05) is 10.9 Å². The van der Waals surface area contributed by atoms with E-state index in [4.69, 9.17) is 0 Å². The highest BCUT2D eigenvalue weighted by molar-refractivity contribution is 8.24. The molecule has 0 fully saturated rings. The number of halogens is 10. The van der Waals surface area contributed by atoms with E-state index in [9.17, 15) is 43.9 Å². The van der Waals surface area contributed by atoms with Crippen molar-refractivity contribution in [2.75, 3.05) is 12.5 Å². The molecule has 2 aromatic carbocycles. The Morgan fingerprint density at radius 3 is 0.808 bits per heavy atom. The maximum Gasteiger partial charge on any atom is 0.275 e. The van der Waals surface area contributed by atoms with E-state index in [1.54, 1.807) is 0 Å².